The molecule has 110 valence electrons. The van der Waals surface area contributed by atoms with Crippen LogP contribution in [-0.4, -0.2) is 19.1 Å². The molecule has 0 saturated heterocycles. The van der Waals surface area contributed by atoms with Gasteiger partial charge < -0.3 is 15.4 Å². The molecule has 1 amide bonds. The molecule has 0 spiro atoms. The third-order valence-electron chi connectivity index (χ3n) is 2.75. The molecule has 0 aliphatic rings. The van der Waals surface area contributed by atoms with Gasteiger partial charge in [-0.05, 0) is 55.5 Å². The van der Waals surface area contributed by atoms with Gasteiger partial charge in [0.05, 0.1) is 13.2 Å². The number of halogens is 1. The summed E-state index contributed by atoms with van der Waals surface area (Å²) in [5.74, 6) is 0.670. The van der Waals surface area contributed by atoms with E-state index < -0.39 is 0 Å². The second-order valence-corrected chi connectivity index (χ2v) is 4.80. The van der Waals surface area contributed by atoms with Crippen molar-refractivity contribution < 1.29 is 9.53 Å². The molecule has 5 heteroatoms. The van der Waals surface area contributed by atoms with Crippen molar-refractivity contribution in [2.45, 2.75) is 6.92 Å². The van der Waals surface area contributed by atoms with Gasteiger partial charge in [0, 0.05) is 16.4 Å². The maximum atomic E-state index is 11.8. The minimum atomic E-state index is -0.117. The van der Waals surface area contributed by atoms with E-state index >= 15 is 0 Å². The van der Waals surface area contributed by atoms with Crippen molar-refractivity contribution in [1.82, 2.24) is 0 Å². The maximum absolute atomic E-state index is 11.8. The standard InChI is InChI=1S/C16H17ClN2O2/c1-2-21-15-9-7-14(8-10-15)19-16(20)11-18-13-5-3-12(17)4-6-13/h3-10,18H,2,11H2,1H3,(H,19,20). The minimum absolute atomic E-state index is 0.117. The van der Waals surface area contributed by atoms with Crippen LogP contribution in [0.25, 0.3) is 0 Å². The number of hydrogen-bond donors (Lipinski definition) is 2. The average Bonchev–Trinajstić information content (AvgIpc) is 2.49. The molecule has 0 aliphatic heterocycles. The Labute approximate surface area is 129 Å². The van der Waals surface area contributed by atoms with Crippen LogP contribution in [0.3, 0.4) is 0 Å². The zero-order chi connectivity index (χ0) is 15.1. The molecule has 2 rings (SSSR count). The third-order valence-corrected chi connectivity index (χ3v) is 3.00. The summed E-state index contributed by atoms with van der Waals surface area (Å²) in [6, 6.07) is 14.5. The number of amides is 1. The van der Waals surface area contributed by atoms with Crippen molar-refractivity contribution in [2.24, 2.45) is 0 Å². The van der Waals surface area contributed by atoms with Crippen molar-refractivity contribution in [3.63, 3.8) is 0 Å². The van der Waals surface area contributed by atoms with Gasteiger partial charge in [-0.3, -0.25) is 4.79 Å². The summed E-state index contributed by atoms with van der Waals surface area (Å²) in [5.41, 5.74) is 1.59. The first-order valence-electron chi connectivity index (χ1n) is 6.69. The van der Waals surface area contributed by atoms with Gasteiger partial charge in [-0.2, -0.15) is 0 Å². The zero-order valence-corrected chi connectivity index (χ0v) is 12.5. The van der Waals surface area contributed by atoms with E-state index in [0.29, 0.717) is 11.6 Å². The fourth-order valence-corrected chi connectivity index (χ4v) is 1.88. The number of anilines is 2. The highest BCUT2D eigenvalue weighted by Crippen LogP contribution is 2.16. The molecular formula is C16H17ClN2O2. The lowest BCUT2D eigenvalue weighted by molar-refractivity contribution is -0.114. The Kier molecular flexibility index (Phi) is 5.46. The summed E-state index contributed by atoms with van der Waals surface area (Å²) < 4.78 is 5.34. The Bertz CT molecular complexity index is 582. The van der Waals surface area contributed by atoms with Crippen LogP contribution in [-0.2, 0) is 4.79 Å². The number of carbonyl (C=O) groups excluding carboxylic acids is 1. The Morgan fingerprint density at radius 2 is 1.67 bits per heavy atom. The van der Waals surface area contributed by atoms with Crippen molar-refractivity contribution in [3.05, 3.63) is 53.6 Å². The van der Waals surface area contributed by atoms with E-state index in [9.17, 15) is 4.79 Å². The van der Waals surface area contributed by atoms with Crippen LogP contribution in [0.1, 0.15) is 6.92 Å². The van der Waals surface area contributed by atoms with Gasteiger partial charge in [0.1, 0.15) is 5.75 Å². The molecule has 0 aliphatic carbocycles. The van der Waals surface area contributed by atoms with Gasteiger partial charge in [-0.15, -0.1) is 0 Å². The Morgan fingerprint density at radius 3 is 2.29 bits per heavy atom. The maximum Gasteiger partial charge on any atom is 0.243 e. The molecule has 4 nitrogen and oxygen atoms in total. The van der Waals surface area contributed by atoms with Gasteiger partial charge >= 0.3 is 0 Å². The van der Waals surface area contributed by atoms with Gasteiger partial charge in [-0.25, -0.2) is 0 Å². The van der Waals surface area contributed by atoms with Crippen LogP contribution in [0.4, 0.5) is 11.4 Å². The summed E-state index contributed by atoms with van der Waals surface area (Å²) in [7, 11) is 0. The summed E-state index contributed by atoms with van der Waals surface area (Å²) >= 11 is 5.80. The molecule has 0 saturated carbocycles. The second-order valence-electron chi connectivity index (χ2n) is 4.37. The highest BCUT2D eigenvalue weighted by atomic mass is 35.5. The number of nitrogens with one attached hydrogen (secondary N) is 2. The second kappa shape index (κ2) is 7.55. The summed E-state index contributed by atoms with van der Waals surface area (Å²) in [5, 5.41) is 6.50. The molecule has 2 aromatic rings. The molecule has 0 atom stereocenters. The summed E-state index contributed by atoms with van der Waals surface area (Å²) in [4.78, 5) is 11.8. The van der Waals surface area contributed by atoms with Gasteiger partial charge in [0.15, 0.2) is 0 Å². The molecule has 2 aromatic carbocycles. The molecule has 0 unspecified atom stereocenters. The van der Waals surface area contributed by atoms with E-state index in [1.807, 2.05) is 43.3 Å². The highest BCUT2D eigenvalue weighted by molar-refractivity contribution is 6.30. The molecule has 21 heavy (non-hydrogen) atoms. The summed E-state index contributed by atoms with van der Waals surface area (Å²) in [6.45, 7) is 2.74. The number of hydrogen-bond acceptors (Lipinski definition) is 3. The number of ether oxygens (including phenoxy) is 1. The minimum Gasteiger partial charge on any atom is -0.494 e. The first kappa shape index (κ1) is 15.2. The van der Waals surface area contributed by atoms with Gasteiger partial charge in [-0.1, -0.05) is 11.6 Å². The first-order chi connectivity index (χ1) is 10.2. The van der Waals surface area contributed by atoms with Crippen LogP contribution in [0, 0.1) is 0 Å². The van der Waals surface area contributed by atoms with Crippen molar-refractivity contribution >= 4 is 28.9 Å². The topological polar surface area (TPSA) is 50.4 Å². The molecule has 0 radical (unpaired) electrons. The fraction of sp³-hybridized carbons (Fsp3) is 0.188. The van der Waals surface area contributed by atoms with E-state index in [4.69, 9.17) is 16.3 Å². The van der Waals surface area contributed by atoms with Crippen LogP contribution in [0.2, 0.25) is 5.02 Å². The smallest absolute Gasteiger partial charge is 0.243 e. The van der Waals surface area contributed by atoms with E-state index in [-0.39, 0.29) is 12.5 Å². The number of rotatable bonds is 6. The van der Waals surface area contributed by atoms with Gasteiger partial charge in [0.2, 0.25) is 5.91 Å². The Balaban J connectivity index is 1.82. The number of benzene rings is 2. The molecule has 0 fully saturated rings. The van der Waals surface area contributed by atoms with E-state index in [1.165, 1.54) is 0 Å². The van der Waals surface area contributed by atoms with Crippen LogP contribution in [0.5, 0.6) is 5.75 Å². The van der Waals surface area contributed by atoms with E-state index in [2.05, 4.69) is 10.6 Å². The fourth-order valence-electron chi connectivity index (χ4n) is 1.76. The predicted octanol–water partition coefficient (Wildman–Crippen LogP) is 3.79. The first-order valence-corrected chi connectivity index (χ1v) is 7.07. The highest BCUT2D eigenvalue weighted by Gasteiger charge is 2.02. The lowest BCUT2D eigenvalue weighted by atomic mass is 10.3. The van der Waals surface area contributed by atoms with Crippen LogP contribution < -0.4 is 15.4 Å². The molecule has 0 aromatic heterocycles. The quantitative estimate of drug-likeness (QED) is 0.853. The third kappa shape index (κ3) is 5.00. The van der Waals surface area contributed by atoms with Crippen molar-refractivity contribution in [2.75, 3.05) is 23.8 Å². The van der Waals surface area contributed by atoms with Crippen LogP contribution in [0.15, 0.2) is 48.5 Å². The zero-order valence-electron chi connectivity index (χ0n) is 11.7. The SMILES string of the molecule is CCOc1ccc(NC(=O)CNc2ccc(Cl)cc2)cc1. The largest absolute Gasteiger partial charge is 0.494 e. The van der Waals surface area contributed by atoms with Gasteiger partial charge in [0.25, 0.3) is 0 Å². The average molecular weight is 305 g/mol. The van der Waals surface area contributed by atoms with Crippen molar-refractivity contribution in [3.8, 4) is 5.75 Å². The number of carbonyl (C=O) groups is 1. The molecule has 0 bridgehead atoms. The van der Waals surface area contributed by atoms with Crippen LogP contribution >= 0.6 is 11.6 Å². The normalized spacial score (nSPS) is 10.0. The Hall–Kier alpha value is -2.20. The molecule has 2 N–H and O–H groups in total. The summed E-state index contributed by atoms with van der Waals surface area (Å²) in [6.07, 6.45) is 0. The van der Waals surface area contributed by atoms with Crippen molar-refractivity contribution in [1.29, 1.82) is 0 Å². The lowest BCUT2D eigenvalue weighted by Crippen LogP contribution is -2.21. The monoisotopic (exact) mass is 304 g/mol. The molecular weight excluding hydrogens is 288 g/mol. The van der Waals surface area contributed by atoms with E-state index in [1.54, 1.807) is 12.1 Å². The molecule has 0 heterocycles. The van der Waals surface area contributed by atoms with E-state index in [0.717, 1.165) is 17.1 Å². The Morgan fingerprint density at radius 1 is 1.05 bits per heavy atom. The predicted molar refractivity (Wildman–Crippen MR) is 86.2 cm³/mol. The lowest BCUT2D eigenvalue weighted by Gasteiger charge is -2.09.